The molecule has 0 atom stereocenters. The molecule has 0 radical (unpaired) electrons. The highest BCUT2D eigenvalue weighted by atomic mass is 16.5. The van der Waals surface area contributed by atoms with Crippen molar-refractivity contribution in [1.82, 2.24) is 31.1 Å². The highest BCUT2D eigenvalue weighted by Crippen LogP contribution is 2.11. The number of amidine groups is 1. The zero-order valence-corrected chi connectivity index (χ0v) is 30.1. The Hall–Kier alpha value is -2.23. The molecule has 8 nitrogen and oxygen atoms in total. The number of nitrogens with one attached hydrogen (secondary N) is 4. The summed E-state index contributed by atoms with van der Waals surface area (Å²) in [4.78, 5) is 9.49. The van der Waals surface area contributed by atoms with Crippen molar-refractivity contribution >= 4 is 5.84 Å². The van der Waals surface area contributed by atoms with Gasteiger partial charge in [0.1, 0.15) is 6.73 Å². The average Bonchev–Trinajstić information content (AvgIpc) is 3.06. The fourth-order valence-electron chi connectivity index (χ4n) is 5.56. The summed E-state index contributed by atoms with van der Waals surface area (Å²) in [6, 6.07) is 8.80. The van der Waals surface area contributed by atoms with Crippen molar-refractivity contribution in [3.05, 3.63) is 59.4 Å². The lowest BCUT2D eigenvalue weighted by Gasteiger charge is -2.36. The van der Waals surface area contributed by atoms with Gasteiger partial charge < -0.3 is 25.6 Å². The van der Waals surface area contributed by atoms with Crippen LogP contribution in [0.15, 0.2) is 53.3 Å². The predicted molar refractivity (Wildman–Crippen MR) is 220 cm³/mol. The molecule has 0 amide bonds. The highest BCUT2D eigenvalue weighted by Gasteiger charge is 2.17. The Bertz CT molecular complexity index is 975. The lowest BCUT2D eigenvalue weighted by atomic mass is 10.1. The molecule has 1 aliphatic rings. The number of ether oxygens (including phenoxy) is 1. The molecular formula is C40H85N7O. The molecule has 286 valence electrons. The zero-order valence-electron chi connectivity index (χ0n) is 30.1. The molecule has 0 aliphatic carbocycles. The van der Waals surface area contributed by atoms with Crippen molar-refractivity contribution in [2.24, 2.45) is 4.99 Å². The lowest BCUT2D eigenvalue weighted by molar-refractivity contribution is 0.000662. The van der Waals surface area contributed by atoms with Crippen molar-refractivity contribution < 1.29 is 10.4 Å². The summed E-state index contributed by atoms with van der Waals surface area (Å²) in [5, 5.41) is 14.0. The van der Waals surface area contributed by atoms with Crippen LogP contribution in [0.3, 0.4) is 0 Å². The minimum Gasteiger partial charge on any atom is -0.369 e. The summed E-state index contributed by atoms with van der Waals surface area (Å²) >= 11 is 0. The van der Waals surface area contributed by atoms with Gasteiger partial charge in [-0.15, -0.1) is 0 Å². The standard InChI is InChI=1S/C38H69N7O.2CH4.4H2/c1-6-8-10-12-14-21-39-23-16-24-40-30-37-17-19-38(20-18-37)31-42-36(5)43-34(3)29-35(4)45-27-25-44(26-28-45)33-46-32-41-22-15-13-11-9-7-2;;;;;;/h17-20,29,39-41H,4,6-16,21-28,30-33H2,1-3,5H3,(H,42,43);2*1H4;4*1H/b34-29-;;;;;;. The Balaban J connectivity index is -0.00000123. The average molecular weight is 680 g/mol. The molecule has 2 rings (SSSR count). The number of unbranched alkanes of at least 4 members (excludes halogenated alkanes) is 8. The third-order valence-corrected chi connectivity index (χ3v) is 8.49. The monoisotopic (exact) mass is 680 g/mol. The third kappa shape index (κ3) is 23.2. The predicted octanol–water partition coefficient (Wildman–Crippen LogP) is 9.02. The van der Waals surface area contributed by atoms with Gasteiger partial charge in [0, 0.05) is 49.8 Å². The van der Waals surface area contributed by atoms with Gasteiger partial charge in [0.25, 0.3) is 0 Å². The molecule has 0 spiro atoms. The van der Waals surface area contributed by atoms with Gasteiger partial charge in [0.05, 0.1) is 19.1 Å². The number of hydrogen-bond donors (Lipinski definition) is 4. The molecule has 1 fully saturated rings. The van der Waals surface area contributed by atoms with E-state index in [4.69, 9.17) is 9.73 Å². The van der Waals surface area contributed by atoms with Crippen molar-refractivity contribution in [1.29, 1.82) is 0 Å². The van der Waals surface area contributed by atoms with Crippen LogP contribution in [0.1, 0.15) is 130 Å². The first-order chi connectivity index (χ1) is 22.5. The van der Waals surface area contributed by atoms with Crippen LogP contribution in [0.5, 0.6) is 0 Å². The maximum Gasteiger partial charge on any atom is 0.101 e. The lowest BCUT2D eigenvalue weighted by Crippen LogP contribution is -2.46. The van der Waals surface area contributed by atoms with Crippen molar-refractivity contribution in [2.75, 3.05) is 65.8 Å². The topological polar surface area (TPSA) is 76.2 Å². The summed E-state index contributed by atoms with van der Waals surface area (Å²) < 4.78 is 5.84. The number of nitrogens with zero attached hydrogens (tertiary/aromatic N) is 3. The van der Waals surface area contributed by atoms with E-state index >= 15 is 0 Å². The van der Waals surface area contributed by atoms with Gasteiger partial charge in [0.15, 0.2) is 0 Å². The number of allylic oxidation sites excluding steroid dienone is 2. The van der Waals surface area contributed by atoms with E-state index in [9.17, 15) is 0 Å². The Morgan fingerprint density at radius 3 is 1.98 bits per heavy atom. The van der Waals surface area contributed by atoms with E-state index in [-0.39, 0.29) is 20.6 Å². The largest absolute Gasteiger partial charge is 0.369 e. The quantitative estimate of drug-likeness (QED) is 0.0243. The summed E-state index contributed by atoms with van der Waals surface area (Å²) in [5.41, 5.74) is 4.64. The molecule has 1 aliphatic heterocycles. The third-order valence-electron chi connectivity index (χ3n) is 8.49. The Labute approximate surface area is 303 Å². The molecule has 48 heavy (non-hydrogen) atoms. The van der Waals surface area contributed by atoms with Crippen LogP contribution in [-0.4, -0.2) is 81.5 Å². The first kappa shape index (κ1) is 45.8. The van der Waals surface area contributed by atoms with Gasteiger partial charge >= 0.3 is 0 Å². The van der Waals surface area contributed by atoms with Gasteiger partial charge in [-0.3, -0.25) is 15.2 Å². The SMILES string of the molecule is C.C.C=C(/C=C(/C)NC(C)=NCc1ccc(CNCCCNCCCCCCC)cc1)N1CCN(COCNCCCCCCC)CC1.[HH].[HH].[HH].[HH]. The summed E-state index contributed by atoms with van der Waals surface area (Å²) in [6.07, 6.45) is 16.6. The van der Waals surface area contributed by atoms with E-state index in [0.717, 1.165) is 76.1 Å². The molecular weight excluding hydrogens is 594 g/mol. The fourth-order valence-corrected chi connectivity index (χ4v) is 5.56. The second-order valence-corrected chi connectivity index (χ2v) is 12.9. The normalized spacial score (nSPS) is 14.0. The molecule has 4 N–H and O–H groups in total. The van der Waals surface area contributed by atoms with Gasteiger partial charge in [-0.05, 0) is 76.5 Å². The summed E-state index contributed by atoms with van der Waals surface area (Å²) in [5.74, 6) is 0.915. The number of benzene rings is 1. The van der Waals surface area contributed by atoms with E-state index in [1.165, 1.54) is 81.8 Å². The second-order valence-electron chi connectivity index (χ2n) is 12.9. The molecule has 0 saturated carbocycles. The van der Waals surface area contributed by atoms with Crippen LogP contribution < -0.4 is 21.3 Å². The van der Waals surface area contributed by atoms with Crippen LogP contribution in [0.25, 0.3) is 0 Å². The fraction of sp³-hybridized carbons (Fsp3) is 0.725. The van der Waals surface area contributed by atoms with E-state index in [1.54, 1.807) is 0 Å². The Morgan fingerprint density at radius 2 is 1.33 bits per heavy atom. The van der Waals surface area contributed by atoms with Crippen LogP contribution in [0.4, 0.5) is 0 Å². The summed E-state index contributed by atoms with van der Waals surface area (Å²) in [6.45, 7) is 24.1. The maximum absolute atomic E-state index is 5.84. The van der Waals surface area contributed by atoms with Crippen molar-refractivity contribution in [3.8, 4) is 0 Å². The minimum absolute atomic E-state index is 0. The van der Waals surface area contributed by atoms with E-state index < -0.39 is 0 Å². The zero-order chi connectivity index (χ0) is 33.1. The molecule has 0 unspecified atom stereocenters. The Morgan fingerprint density at radius 1 is 0.771 bits per heavy atom. The molecule has 0 aromatic heterocycles. The first-order valence-electron chi connectivity index (χ1n) is 18.4. The number of piperazine rings is 1. The van der Waals surface area contributed by atoms with Crippen LogP contribution in [-0.2, 0) is 17.8 Å². The molecule has 8 heteroatoms. The molecule has 1 aromatic rings. The van der Waals surface area contributed by atoms with Crippen LogP contribution in [0, 0.1) is 0 Å². The number of aliphatic imine (C=N–C) groups is 1. The molecule has 1 aromatic carbocycles. The van der Waals surface area contributed by atoms with Gasteiger partial charge in [0.2, 0.25) is 0 Å². The van der Waals surface area contributed by atoms with E-state index in [1.807, 2.05) is 6.92 Å². The number of hydrogen-bond acceptors (Lipinski definition) is 7. The summed E-state index contributed by atoms with van der Waals surface area (Å²) in [7, 11) is 0. The van der Waals surface area contributed by atoms with Crippen LogP contribution >= 0.6 is 0 Å². The van der Waals surface area contributed by atoms with Crippen molar-refractivity contribution in [2.45, 2.75) is 126 Å². The highest BCUT2D eigenvalue weighted by molar-refractivity contribution is 5.81. The molecule has 1 heterocycles. The number of rotatable bonds is 27. The van der Waals surface area contributed by atoms with Gasteiger partial charge in [-0.2, -0.15) is 0 Å². The minimum atomic E-state index is 0. The Kier molecular flexibility index (Phi) is 29.4. The van der Waals surface area contributed by atoms with Gasteiger partial charge in [-0.25, -0.2) is 0 Å². The maximum atomic E-state index is 5.84. The van der Waals surface area contributed by atoms with Crippen molar-refractivity contribution in [3.63, 3.8) is 0 Å². The van der Waals surface area contributed by atoms with Crippen LogP contribution in [0.2, 0.25) is 0 Å². The van der Waals surface area contributed by atoms with E-state index in [0.29, 0.717) is 20.0 Å². The van der Waals surface area contributed by atoms with Gasteiger partial charge in [-0.1, -0.05) is 111 Å². The molecule has 0 bridgehead atoms. The first-order valence-corrected chi connectivity index (χ1v) is 18.4. The molecule has 1 saturated heterocycles. The van der Waals surface area contributed by atoms with E-state index in [2.05, 4.69) is 88.8 Å². The smallest absolute Gasteiger partial charge is 0.101 e. The second kappa shape index (κ2) is 30.8.